The van der Waals surface area contributed by atoms with Gasteiger partial charge in [-0.2, -0.15) is 0 Å². The van der Waals surface area contributed by atoms with E-state index in [4.69, 9.17) is 10.5 Å². The van der Waals surface area contributed by atoms with Gasteiger partial charge in [-0.15, -0.1) is 0 Å². The molecule has 1 atom stereocenters. The van der Waals surface area contributed by atoms with Crippen LogP contribution in [0.3, 0.4) is 0 Å². The van der Waals surface area contributed by atoms with Crippen LogP contribution in [-0.4, -0.2) is 7.11 Å². The summed E-state index contributed by atoms with van der Waals surface area (Å²) in [6, 6.07) is 12.6. The Bertz CT molecular complexity index is 560. The highest BCUT2D eigenvalue weighted by Gasteiger charge is 2.26. The maximum Gasteiger partial charge on any atom is 0.124 e. The van der Waals surface area contributed by atoms with Crippen molar-refractivity contribution in [3.8, 4) is 5.75 Å². The Morgan fingerprint density at radius 3 is 2.72 bits per heavy atom. The van der Waals surface area contributed by atoms with Gasteiger partial charge in [0.15, 0.2) is 0 Å². The van der Waals surface area contributed by atoms with Crippen molar-refractivity contribution in [2.45, 2.75) is 25.3 Å². The van der Waals surface area contributed by atoms with E-state index in [0.717, 1.165) is 18.1 Å². The van der Waals surface area contributed by atoms with Gasteiger partial charge in [-0.05, 0) is 29.2 Å². The third kappa shape index (κ3) is 2.08. The van der Waals surface area contributed by atoms with E-state index in [-0.39, 0.29) is 6.04 Å². The van der Waals surface area contributed by atoms with Crippen molar-refractivity contribution in [3.63, 3.8) is 0 Å². The van der Waals surface area contributed by atoms with E-state index in [1.165, 1.54) is 29.2 Å². The third-order valence-corrected chi connectivity index (χ3v) is 3.81. The van der Waals surface area contributed by atoms with Crippen LogP contribution in [0.4, 0.5) is 0 Å². The van der Waals surface area contributed by atoms with Gasteiger partial charge >= 0.3 is 0 Å². The zero-order valence-electron chi connectivity index (χ0n) is 10.7. The summed E-state index contributed by atoms with van der Waals surface area (Å²) in [7, 11) is 1.72. The number of nitrogens with two attached hydrogens (primary N) is 1. The van der Waals surface area contributed by atoms with Crippen LogP contribution in [0.1, 0.15) is 30.9 Å². The number of rotatable bonds is 4. The van der Waals surface area contributed by atoms with E-state index in [9.17, 15) is 0 Å². The maximum atomic E-state index is 6.40. The lowest BCUT2D eigenvalue weighted by molar-refractivity contribution is 0.404. The van der Waals surface area contributed by atoms with Crippen LogP contribution in [0.5, 0.6) is 5.75 Å². The highest BCUT2D eigenvalue weighted by atomic mass is 16.5. The van der Waals surface area contributed by atoms with Crippen LogP contribution < -0.4 is 10.5 Å². The zero-order valence-corrected chi connectivity index (χ0v) is 10.7. The van der Waals surface area contributed by atoms with Crippen LogP contribution in [0.25, 0.3) is 10.8 Å². The minimum Gasteiger partial charge on any atom is -0.496 e. The van der Waals surface area contributed by atoms with E-state index in [0.29, 0.717) is 0 Å². The molecular formula is C16H19NO. The molecule has 0 heterocycles. The fourth-order valence-electron chi connectivity index (χ4n) is 2.67. The average Bonchev–Trinajstić information content (AvgIpc) is 3.21. The molecule has 94 valence electrons. The minimum absolute atomic E-state index is 0.0820. The fraction of sp³-hybridized carbons (Fsp3) is 0.375. The lowest BCUT2D eigenvalue weighted by Gasteiger charge is -2.18. The molecule has 1 fully saturated rings. The first-order valence-electron chi connectivity index (χ1n) is 6.61. The number of ether oxygens (including phenoxy) is 1. The minimum atomic E-state index is 0.0820. The number of fused-ring (bicyclic) bond motifs is 1. The van der Waals surface area contributed by atoms with Crippen molar-refractivity contribution >= 4 is 10.8 Å². The molecule has 0 aromatic heterocycles. The summed E-state index contributed by atoms with van der Waals surface area (Å²) < 4.78 is 5.50. The molecule has 0 spiro atoms. The van der Waals surface area contributed by atoms with Gasteiger partial charge in [0.2, 0.25) is 0 Å². The molecule has 1 aliphatic carbocycles. The molecule has 2 N–H and O–H groups in total. The van der Waals surface area contributed by atoms with Crippen LogP contribution >= 0.6 is 0 Å². The number of hydrogen-bond donors (Lipinski definition) is 1. The molecule has 2 nitrogen and oxygen atoms in total. The molecule has 1 aliphatic rings. The SMILES string of the molecule is COc1ccc2ccccc2c1[C@@H](N)CC1CC1. The monoisotopic (exact) mass is 241 g/mol. The summed E-state index contributed by atoms with van der Waals surface area (Å²) in [4.78, 5) is 0. The Morgan fingerprint density at radius 1 is 1.22 bits per heavy atom. The number of hydrogen-bond acceptors (Lipinski definition) is 2. The van der Waals surface area contributed by atoms with Crippen LogP contribution in [-0.2, 0) is 0 Å². The highest BCUT2D eigenvalue weighted by molar-refractivity contribution is 5.88. The Balaban J connectivity index is 2.09. The highest BCUT2D eigenvalue weighted by Crippen LogP contribution is 2.40. The second-order valence-corrected chi connectivity index (χ2v) is 5.19. The van der Waals surface area contributed by atoms with Gasteiger partial charge in [0.25, 0.3) is 0 Å². The first-order valence-corrected chi connectivity index (χ1v) is 6.61. The number of methoxy groups -OCH3 is 1. The molecule has 2 aromatic rings. The van der Waals surface area contributed by atoms with Gasteiger partial charge in [0.1, 0.15) is 5.75 Å². The zero-order chi connectivity index (χ0) is 12.5. The summed E-state index contributed by atoms with van der Waals surface area (Å²) in [5.74, 6) is 1.74. The Labute approximate surface area is 108 Å². The Hall–Kier alpha value is -1.54. The van der Waals surface area contributed by atoms with E-state index in [2.05, 4.69) is 30.3 Å². The first-order chi connectivity index (χ1) is 8.79. The molecule has 0 amide bonds. The van der Waals surface area contributed by atoms with E-state index in [1.807, 2.05) is 6.07 Å². The molecule has 1 saturated carbocycles. The van der Waals surface area contributed by atoms with Gasteiger partial charge in [-0.25, -0.2) is 0 Å². The summed E-state index contributed by atoms with van der Waals surface area (Å²) in [5.41, 5.74) is 7.57. The summed E-state index contributed by atoms with van der Waals surface area (Å²) >= 11 is 0. The first kappa shape index (κ1) is 11.5. The predicted molar refractivity (Wildman–Crippen MR) is 74.8 cm³/mol. The molecule has 3 rings (SSSR count). The maximum absolute atomic E-state index is 6.40. The second kappa shape index (κ2) is 4.62. The van der Waals surface area contributed by atoms with Crippen molar-refractivity contribution in [1.82, 2.24) is 0 Å². The summed E-state index contributed by atoms with van der Waals surface area (Å²) in [6.07, 6.45) is 3.74. The molecular weight excluding hydrogens is 222 g/mol. The smallest absolute Gasteiger partial charge is 0.124 e. The standard InChI is InChI=1S/C16H19NO/c1-18-15-9-8-12-4-2-3-5-13(12)16(15)14(17)10-11-6-7-11/h2-5,8-9,11,14H,6-7,10,17H2,1H3/t14-/m0/s1. The summed E-state index contributed by atoms with van der Waals surface area (Å²) in [5, 5.41) is 2.46. The van der Waals surface area contributed by atoms with Crippen molar-refractivity contribution < 1.29 is 4.74 Å². The van der Waals surface area contributed by atoms with E-state index >= 15 is 0 Å². The van der Waals surface area contributed by atoms with Crippen molar-refractivity contribution in [3.05, 3.63) is 42.0 Å². The summed E-state index contributed by atoms with van der Waals surface area (Å²) in [6.45, 7) is 0. The molecule has 0 radical (unpaired) electrons. The largest absolute Gasteiger partial charge is 0.496 e. The van der Waals surface area contributed by atoms with Crippen LogP contribution in [0.2, 0.25) is 0 Å². The molecule has 2 aromatic carbocycles. The second-order valence-electron chi connectivity index (χ2n) is 5.19. The van der Waals surface area contributed by atoms with Gasteiger partial charge < -0.3 is 10.5 Å². The Morgan fingerprint density at radius 2 is 2.00 bits per heavy atom. The van der Waals surface area contributed by atoms with Gasteiger partial charge in [0.05, 0.1) is 7.11 Å². The molecule has 0 unspecified atom stereocenters. The lowest BCUT2D eigenvalue weighted by Crippen LogP contribution is -2.13. The van der Waals surface area contributed by atoms with E-state index in [1.54, 1.807) is 7.11 Å². The predicted octanol–water partition coefficient (Wildman–Crippen LogP) is 3.65. The third-order valence-electron chi connectivity index (χ3n) is 3.81. The molecule has 0 bridgehead atoms. The van der Waals surface area contributed by atoms with Crippen LogP contribution in [0.15, 0.2) is 36.4 Å². The fourth-order valence-corrected chi connectivity index (χ4v) is 2.67. The van der Waals surface area contributed by atoms with E-state index < -0.39 is 0 Å². The van der Waals surface area contributed by atoms with Gasteiger partial charge in [-0.3, -0.25) is 0 Å². The Kier molecular flexibility index (Phi) is 2.96. The van der Waals surface area contributed by atoms with Crippen LogP contribution in [0, 0.1) is 5.92 Å². The molecule has 0 aliphatic heterocycles. The number of benzene rings is 2. The normalized spacial score (nSPS) is 16.8. The molecule has 0 saturated heterocycles. The van der Waals surface area contributed by atoms with Gasteiger partial charge in [-0.1, -0.05) is 43.2 Å². The lowest BCUT2D eigenvalue weighted by atomic mass is 9.95. The molecule has 18 heavy (non-hydrogen) atoms. The average molecular weight is 241 g/mol. The van der Waals surface area contributed by atoms with Crippen molar-refractivity contribution in [1.29, 1.82) is 0 Å². The van der Waals surface area contributed by atoms with Gasteiger partial charge in [0, 0.05) is 11.6 Å². The van der Waals surface area contributed by atoms with Crippen molar-refractivity contribution in [2.24, 2.45) is 11.7 Å². The molecule has 2 heteroatoms. The van der Waals surface area contributed by atoms with Crippen molar-refractivity contribution in [2.75, 3.05) is 7.11 Å². The quantitative estimate of drug-likeness (QED) is 0.886. The topological polar surface area (TPSA) is 35.2 Å².